The molecule has 0 aliphatic heterocycles. The van der Waals surface area contributed by atoms with Gasteiger partial charge in [0.25, 0.3) is 0 Å². The van der Waals surface area contributed by atoms with Crippen LogP contribution in [0, 0.1) is 13.8 Å². The predicted molar refractivity (Wildman–Crippen MR) is 229 cm³/mol. The van der Waals surface area contributed by atoms with Gasteiger partial charge in [0.1, 0.15) is 12.7 Å². The minimum Gasteiger partial charge on any atom is -0.252 e. The molecule has 5 aromatic carbocycles. The number of aromatic nitrogens is 6. The van der Waals surface area contributed by atoms with Crippen molar-refractivity contribution in [3.63, 3.8) is 0 Å². The zero-order chi connectivity index (χ0) is 37.6. The quantitative estimate of drug-likeness (QED) is 0.159. The third-order valence-corrected chi connectivity index (χ3v) is 10.9. The highest BCUT2D eigenvalue weighted by molar-refractivity contribution is 6.21. The maximum absolute atomic E-state index is 5.43. The molecule has 0 N–H and O–H groups in total. The summed E-state index contributed by atoms with van der Waals surface area (Å²) in [6.07, 6.45) is 19.5. The second kappa shape index (κ2) is 13.9. The Morgan fingerprint density at radius 1 is 0.411 bits per heavy atom. The molecule has 0 saturated heterocycles. The molecule has 6 nitrogen and oxygen atoms in total. The van der Waals surface area contributed by atoms with Crippen LogP contribution in [0.4, 0.5) is 0 Å². The summed E-state index contributed by atoms with van der Waals surface area (Å²) in [5, 5.41) is 4.34. The van der Waals surface area contributed by atoms with E-state index >= 15 is 0 Å². The van der Waals surface area contributed by atoms with Gasteiger partial charge in [-0.2, -0.15) is 0 Å². The van der Waals surface area contributed by atoms with Gasteiger partial charge in [-0.05, 0) is 72.2 Å². The summed E-state index contributed by atoms with van der Waals surface area (Å²) >= 11 is 0. The van der Waals surface area contributed by atoms with Crippen molar-refractivity contribution in [3.05, 3.63) is 176 Å². The van der Waals surface area contributed by atoms with Crippen LogP contribution in [-0.4, -0.2) is 29.9 Å². The van der Waals surface area contributed by atoms with Crippen LogP contribution in [0.3, 0.4) is 0 Å². The molecule has 0 saturated carbocycles. The van der Waals surface area contributed by atoms with Gasteiger partial charge in [0.05, 0.1) is 11.0 Å². The van der Waals surface area contributed by atoms with E-state index in [9.17, 15) is 0 Å². The lowest BCUT2D eigenvalue weighted by molar-refractivity contribution is 1.04. The van der Waals surface area contributed by atoms with Gasteiger partial charge in [-0.15, -0.1) is 0 Å². The predicted octanol–water partition coefficient (Wildman–Crippen LogP) is 12.2. The van der Waals surface area contributed by atoms with Crippen molar-refractivity contribution in [2.24, 2.45) is 0 Å². The van der Waals surface area contributed by atoms with Gasteiger partial charge in [-0.25, -0.2) is 19.9 Å². The van der Waals surface area contributed by atoms with E-state index in [2.05, 4.69) is 155 Å². The summed E-state index contributed by atoms with van der Waals surface area (Å²) in [7, 11) is 0. The molecule has 266 valence electrons. The van der Waals surface area contributed by atoms with Crippen LogP contribution in [0.5, 0.6) is 0 Å². The maximum Gasteiger partial charge on any atom is 0.115 e. The van der Waals surface area contributed by atoms with Gasteiger partial charge in [0.2, 0.25) is 0 Å². The molecule has 9 aromatic rings. The summed E-state index contributed by atoms with van der Waals surface area (Å²) in [5.74, 6) is 0. The molecule has 4 heterocycles. The molecule has 1 aliphatic carbocycles. The van der Waals surface area contributed by atoms with E-state index in [1.54, 1.807) is 12.7 Å². The van der Waals surface area contributed by atoms with E-state index in [0.29, 0.717) is 0 Å². The molecule has 0 radical (unpaired) electrons. The van der Waals surface area contributed by atoms with Gasteiger partial charge >= 0.3 is 0 Å². The van der Waals surface area contributed by atoms with Gasteiger partial charge in [-0.1, -0.05) is 109 Å². The van der Waals surface area contributed by atoms with Gasteiger partial charge in [0.15, 0.2) is 0 Å². The highest BCUT2D eigenvalue weighted by Crippen LogP contribution is 2.45. The fraction of sp³-hybridized carbons (Fsp3) is 0.0800. The number of allylic oxidation sites excluding steroid dienone is 4. The van der Waals surface area contributed by atoms with Crippen molar-refractivity contribution in [1.29, 1.82) is 0 Å². The summed E-state index contributed by atoms with van der Waals surface area (Å²) in [5.41, 5.74) is 17.2. The van der Waals surface area contributed by atoms with Crippen molar-refractivity contribution >= 4 is 38.2 Å². The van der Waals surface area contributed by atoms with Crippen LogP contribution in [0.15, 0.2) is 159 Å². The minimum atomic E-state index is 0.958. The van der Waals surface area contributed by atoms with Crippen molar-refractivity contribution in [3.8, 4) is 55.6 Å². The third kappa shape index (κ3) is 5.74. The Hall–Kier alpha value is -7.18. The van der Waals surface area contributed by atoms with Crippen LogP contribution in [-0.2, 0) is 0 Å². The number of aryl methyl sites for hydroxylation is 2. The van der Waals surface area contributed by atoms with E-state index < -0.39 is 0 Å². The first kappa shape index (κ1) is 33.4. The summed E-state index contributed by atoms with van der Waals surface area (Å²) < 4.78 is 0. The van der Waals surface area contributed by atoms with Gasteiger partial charge in [-0.3, -0.25) is 9.97 Å². The highest BCUT2D eigenvalue weighted by atomic mass is 14.8. The van der Waals surface area contributed by atoms with Crippen LogP contribution in [0.1, 0.15) is 29.8 Å². The largest absolute Gasteiger partial charge is 0.252 e. The fourth-order valence-electron chi connectivity index (χ4n) is 8.41. The first-order chi connectivity index (χ1) is 27.6. The molecule has 0 spiro atoms. The van der Waals surface area contributed by atoms with E-state index in [0.717, 1.165) is 107 Å². The zero-order valence-corrected chi connectivity index (χ0v) is 31.1. The standard InChI is InChI=1S/C50H36N6/c1-31-45(33-11-5-3-6-12-33)47(37-17-9-15-35(23-37)39-25-51-29-52-26-39)43-21-20-42-41(49(43)55-31)19-22-44-48(38-18-10-16-36(24-38)40-27-53-30-54-28-40)46(32(2)56-50(42)44)34-13-7-4-8-14-34/h3,5-7,9-30H,4,8H2,1-2H3. The summed E-state index contributed by atoms with van der Waals surface area (Å²) in [4.78, 5) is 28.0. The average Bonchev–Trinajstić information content (AvgIpc) is 3.26. The zero-order valence-electron chi connectivity index (χ0n) is 31.1. The lowest BCUT2D eigenvalue weighted by atomic mass is 9.85. The van der Waals surface area contributed by atoms with E-state index in [4.69, 9.17) is 9.97 Å². The van der Waals surface area contributed by atoms with Crippen LogP contribution in [0.2, 0.25) is 0 Å². The number of fused-ring (bicyclic) bond motifs is 5. The molecule has 6 heteroatoms. The summed E-state index contributed by atoms with van der Waals surface area (Å²) in [6, 6.07) is 37.0. The second-order valence-electron chi connectivity index (χ2n) is 14.3. The van der Waals surface area contributed by atoms with Crippen molar-refractivity contribution < 1.29 is 0 Å². The lowest BCUT2D eigenvalue weighted by Crippen LogP contribution is -2.01. The number of hydrogen-bond acceptors (Lipinski definition) is 6. The molecular weight excluding hydrogens is 685 g/mol. The van der Waals surface area contributed by atoms with Gasteiger partial charge < -0.3 is 0 Å². The number of pyridine rings is 2. The van der Waals surface area contributed by atoms with E-state index in [1.807, 2.05) is 24.8 Å². The molecule has 4 aromatic heterocycles. The average molecular weight is 721 g/mol. The Labute approximate surface area is 325 Å². The smallest absolute Gasteiger partial charge is 0.115 e. The first-order valence-corrected chi connectivity index (χ1v) is 19.0. The molecule has 1 aliphatic rings. The maximum atomic E-state index is 5.43. The first-order valence-electron chi connectivity index (χ1n) is 19.0. The molecule has 0 atom stereocenters. The van der Waals surface area contributed by atoms with Crippen LogP contribution in [0.25, 0.3) is 93.8 Å². The van der Waals surface area contributed by atoms with Crippen LogP contribution >= 0.6 is 0 Å². The molecule has 56 heavy (non-hydrogen) atoms. The third-order valence-electron chi connectivity index (χ3n) is 10.9. The Morgan fingerprint density at radius 2 is 0.893 bits per heavy atom. The van der Waals surface area contributed by atoms with Crippen molar-refractivity contribution in [2.45, 2.75) is 26.7 Å². The topological polar surface area (TPSA) is 77.3 Å². The van der Waals surface area contributed by atoms with Crippen LogP contribution < -0.4 is 0 Å². The molecule has 0 amide bonds. The molecular formula is C50H36N6. The molecule has 0 unspecified atom stereocenters. The SMILES string of the molecule is Cc1nc2c(ccc3c2ccc2c(-c4cccc(-c5cncnc5)c4)c(-c4ccccc4)c(C)nc23)c(-c2cccc(-c3cncnc3)c2)c1C1=CCCC=C1. The van der Waals surface area contributed by atoms with E-state index in [-0.39, 0.29) is 0 Å². The molecule has 10 rings (SSSR count). The number of nitrogens with zero attached hydrogens (tertiary/aromatic N) is 6. The minimum absolute atomic E-state index is 0.958. The summed E-state index contributed by atoms with van der Waals surface area (Å²) in [6.45, 7) is 4.27. The monoisotopic (exact) mass is 720 g/mol. The van der Waals surface area contributed by atoms with E-state index in [1.165, 1.54) is 16.7 Å². The second-order valence-corrected chi connectivity index (χ2v) is 14.3. The number of hydrogen-bond donors (Lipinski definition) is 0. The highest BCUT2D eigenvalue weighted by Gasteiger charge is 2.22. The Morgan fingerprint density at radius 3 is 1.43 bits per heavy atom. The molecule has 0 fully saturated rings. The van der Waals surface area contributed by atoms with Gasteiger partial charge in [0, 0.05) is 91.1 Å². The fourth-order valence-corrected chi connectivity index (χ4v) is 8.41. The van der Waals surface area contributed by atoms with Crippen molar-refractivity contribution in [2.75, 3.05) is 0 Å². The number of benzene rings is 5. The lowest BCUT2D eigenvalue weighted by Gasteiger charge is -2.21. The molecule has 0 bridgehead atoms. The Bertz CT molecular complexity index is 3030. The van der Waals surface area contributed by atoms with Crippen molar-refractivity contribution in [1.82, 2.24) is 29.9 Å². The normalized spacial score (nSPS) is 12.7. The Balaban J connectivity index is 1.25. The Kier molecular flexibility index (Phi) is 8.29. The number of rotatable bonds is 6.